The van der Waals surface area contributed by atoms with Crippen molar-refractivity contribution in [2.45, 2.75) is 115 Å². The maximum atomic E-state index is 12.1. The van der Waals surface area contributed by atoms with E-state index in [9.17, 15) is 14.3 Å². The molecule has 1 aromatic rings. The molecule has 0 spiro atoms. The monoisotopic (exact) mass is 560 g/mol. The second kappa shape index (κ2) is 21.5. The highest BCUT2D eigenvalue weighted by Gasteiger charge is 2.34. The lowest BCUT2D eigenvalue weighted by Crippen LogP contribution is -2.19. The molecule has 0 fully saturated rings. The number of carbonyl (C=O) groups is 1. The van der Waals surface area contributed by atoms with E-state index < -0.39 is 13.3 Å². The minimum Gasteiger partial charge on any atom is -0.382 e. The summed E-state index contributed by atoms with van der Waals surface area (Å²) in [5, 5.41) is 0.402. The molecule has 0 saturated heterocycles. The summed E-state index contributed by atoms with van der Waals surface area (Å²) in [7, 11) is -4.40. The molecular formula is C28H49O5PS2. The maximum Gasteiger partial charge on any atom is 0.437 e. The molecule has 0 aliphatic heterocycles. The molecule has 0 aliphatic rings. The van der Waals surface area contributed by atoms with Crippen LogP contribution in [-0.2, 0) is 13.3 Å². The standard InChI is InChI=1S/C28H49O5PS2/c1-4-7-8-9-10-11-12-13-14-18-23-35-27(19-5-2)26(25-20-16-15-17-21-25)24-36-33-28(29)34(30,31)32-22-6-3/h15-17,20-21,26-27H,4-14,18-19,22-24H2,1-3H3,(H,30,31). The number of benzene rings is 1. The Morgan fingerprint density at radius 2 is 1.50 bits per heavy atom. The molecular weight excluding hydrogens is 511 g/mol. The Hall–Kier alpha value is -0.460. The normalized spacial score (nSPS) is 14.8. The SMILES string of the molecule is CCCCCCCCCCCCSC(CCC)C(CSOC(=O)P(=O)(O)OCCC)c1ccccc1. The van der Waals surface area contributed by atoms with Crippen molar-refractivity contribution in [1.82, 2.24) is 0 Å². The van der Waals surface area contributed by atoms with E-state index in [-0.39, 0.29) is 12.5 Å². The molecule has 3 unspecified atom stereocenters. The fourth-order valence-corrected chi connectivity index (χ4v) is 7.59. The van der Waals surface area contributed by atoms with Crippen molar-refractivity contribution in [2.75, 3.05) is 18.1 Å². The van der Waals surface area contributed by atoms with Crippen LogP contribution in [0.1, 0.15) is 116 Å². The lowest BCUT2D eigenvalue weighted by atomic mass is 9.95. The smallest absolute Gasteiger partial charge is 0.382 e. The van der Waals surface area contributed by atoms with Gasteiger partial charge >= 0.3 is 13.3 Å². The summed E-state index contributed by atoms with van der Waals surface area (Å²) in [6, 6.07) is 10.3. The Labute approximate surface area is 229 Å². The van der Waals surface area contributed by atoms with E-state index in [1.54, 1.807) is 0 Å². The summed E-state index contributed by atoms with van der Waals surface area (Å²) in [5.74, 6) is 1.86. The predicted octanol–water partition coefficient (Wildman–Crippen LogP) is 9.99. The highest BCUT2D eigenvalue weighted by molar-refractivity contribution is 8.00. The van der Waals surface area contributed by atoms with Crippen molar-refractivity contribution < 1.29 is 23.0 Å². The third-order valence-electron chi connectivity index (χ3n) is 6.16. The van der Waals surface area contributed by atoms with Crippen LogP contribution in [-0.4, -0.2) is 34.0 Å². The molecule has 0 aromatic heterocycles. The highest BCUT2D eigenvalue weighted by Crippen LogP contribution is 2.46. The Balaban J connectivity index is 2.53. The topological polar surface area (TPSA) is 72.8 Å². The first kappa shape index (κ1) is 33.6. The molecule has 0 saturated carbocycles. The zero-order valence-electron chi connectivity index (χ0n) is 22.7. The van der Waals surface area contributed by atoms with Gasteiger partial charge in [0.15, 0.2) is 0 Å². The number of thioether (sulfide) groups is 1. The van der Waals surface area contributed by atoms with Gasteiger partial charge in [0, 0.05) is 16.9 Å². The van der Waals surface area contributed by atoms with Gasteiger partial charge in [0.25, 0.3) is 0 Å². The van der Waals surface area contributed by atoms with Crippen molar-refractivity contribution in [3.8, 4) is 0 Å². The zero-order valence-corrected chi connectivity index (χ0v) is 25.2. The van der Waals surface area contributed by atoms with Crippen LogP contribution in [0.4, 0.5) is 4.79 Å². The van der Waals surface area contributed by atoms with Crippen LogP contribution < -0.4 is 0 Å². The molecule has 0 aliphatic carbocycles. The summed E-state index contributed by atoms with van der Waals surface area (Å²) >= 11 is 2.98. The number of hydrogen-bond acceptors (Lipinski definition) is 6. The fourth-order valence-electron chi connectivity index (χ4n) is 4.10. The largest absolute Gasteiger partial charge is 0.437 e. The Bertz CT molecular complexity index is 719. The summed E-state index contributed by atoms with van der Waals surface area (Å²) in [5.41, 5.74) is 0.0299. The first-order valence-corrected chi connectivity index (χ1v) is 17.5. The molecule has 208 valence electrons. The van der Waals surface area contributed by atoms with E-state index >= 15 is 0 Å². The molecule has 0 amide bonds. The predicted molar refractivity (Wildman–Crippen MR) is 157 cm³/mol. The lowest BCUT2D eigenvalue weighted by molar-refractivity contribution is 0.206. The van der Waals surface area contributed by atoms with Gasteiger partial charge in [-0.25, -0.2) is 9.36 Å². The van der Waals surface area contributed by atoms with E-state index in [1.165, 1.54) is 69.8 Å². The average Bonchev–Trinajstić information content (AvgIpc) is 2.88. The van der Waals surface area contributed by atoms with Gasteiger partial charge in [-0.05, 0) is 30.6 Å². The van der Waals surface area contributed by atoms with E-state index in [1.807, 2.05) is 36.9 Å². The zero-order chi connectivity index (χ0) is 26.5. The molecule has 3 atom stereocenters. The molecule has 0 bridgehead atoms. The van der Waals surface area contributed by atoms with Crippen LogP contribution >= 0.6 is 31.4 Å². The number of rotatable bonds is 23. The molecule has 1 rings (SSSR count). The minimum atomic E-state index is -4.40. The van der Waals surface area contributed by atoms with Gasteiger partial charge in [-0.3, -0.25) is 0 Å². The summed E-state index contributed by atoms with van der Waals surface area (Å²) in [6.45, 7) is 6.33. The second-order valence-electron chi connectivity index (χ2n) is 9.38. The van der Waals surface area contributed by atoms with Crippen LogP contribution in [0, 0.1) is 0 Å². The molecule has 0 heterocycles. The van der Waals surface area contributed by atoms with Crippen molar-refractivity contribution >= 4 is 37.1 Å². The van der Waals surface area contributed by atoms with E-state index in [0.717, 1.165) is 30.6 Å². The number of carbonyl (C=O) groups excluding carboxylic acids is 1. The van der Waals surface area contributed by atoms with Gasteiger partial charge in [-0.2, -0.15) is 11.8 Å². The first-order chi connectivity index (χ1) is 17.5. The fraction of sp³-hybridized carbons (Fsp3) is 0.750. The van der Waals surface area contributed by atoms with Crippen molar-refractivity contribution in [3.05, 3.63) is 35.9 Å². The third-order valence-corrected chi connectivity index (χ3v) is 9.65. The van der Waals surface area contributed by atoms with Crippen LogP contribution in [0.5, 0.6) is 0 Å². The quantitative estimate of drug-likeness (QED) is 0.0811. The average molecular weight is 561 g/mol. The van der Waals surface area contributed by atoms with Crippen molar-refractivity contribution in [1.29, 1.82) is 0 Å². The maximum absolute atomic E-state index is 12.1. The minimum absolute atomic E-state index is 0.0500. The lowest BCUT2D eigenvalue weighted by Gasteiger charge is -2.26. The van der Waals surface area contributed by atoms with Gasteiger partial charge in [0.05, 0.1) is 18.6 Å². The van der Waals surface area contributed by atoms with Gasteiger partial charge in [0.2, 0.25) is 0 Å². The van der Waals surface area contributed by atoms with Crippen LogP contribution in [0.3, 0.4) is 0 Å². The Kier molecular flexibility index (Phi) is 20.0. The molecule has 1 aromatic carbocycles. The summed E-state index contributed by atoms with van der Waals surface area (Å²) in [4.78, 5) is 21.9. The summed E-state index contributed by atoms with van der Waals surface area (Å²) < 4.78 is 22.0. The second-order valence-corrected chi connectivity index (χ2v) is 13.1. The van der Waals surface area contributed by atoms with Gasteiger partial charge in [0.1, 0.15) is 0 Å². The first-order valence-electron chi connectivity index (χ1n) is 13.9. The van der Waals surface area contributed by atoms with Crippen LogP contribution in [0.2, 0.25) is 0 Å². The Morgan fingerprint density at radius 1 is 0.889 bits per heavy atom. The van der Waals surface area contributed by atoms with Crippen molar-refractivity contribution in [3.63, 3.8) is 0 Å². The van der Waals surface area contributed by atoms with E-state index in [0.29, 0.717) is 17.4 Å². The Morgan fingerprint density at radius 3 is 2.08 bits per heavy atom. The number of unbranched alkanes of at least 4 members (excludes halogenated alkanes) is 9. The molecule has 1 N–H and O–H groups in total. The van der Waals surface area contributed by atoms with Crippen LogP contribution in [0.15, 0.2) is 30.3 Å². The third kappa shape index (κ3) is 15.1. The van der Waals surface area contributed by atoms with E-state index in [2.05, 4.69) is 26.0 Å². The van der Waals surface area contributed by atoms with E-state index in [4.69, 9.17) is 8.71 Å². The number of hydrogen-bond donors (Lipinski definition) is 1. The van der Waals surface area contributed by atoms with Crippen LogP contribution in [0.25, 0.3) is 0 Å². The summed E-state index contributed by atoms with van der Waals surface area (Å²) in [6.07, 6.45) is 16.1. The van der Waals surface area contributed by atoms with Gasteiger partial charge in [-0.15, -0.1) is 0 Å². The van der Waals surface area contributed by atoms with Gasteiger partial charge in [-0.1, -0.05) is 115 Å². The highest BCUT2D eigenvalue weighted by atomic mass is 32.2. The molecule has 0 radical (unpaired) electrons. The molecule has 8 heteroatoms. The van der Waals surface area contributed by atoms with Crippen molar-refractivity contribution in [2.24, 2.45) is 0 Å². The molecule has 36 heavy (non-hydrogen) atoms. The molecule has 5 nitrogen and oxygen atoms in total. The van der Waals surface area contributed by atoms with Gasteiger partial charge < -0.3 is 13.6 Å².